The second-order valence-electron chi connectivity index (χ2n) is 8.10. The Morgan fingerprint density at radius 2 is 2.04 bits per heavy atom. The second-order valence-corrected chi connectivity index (χ2v) is 8.10. The highest BCUT2D eigenvalue weighted by Crippen LogP contribution is 2.33. The number of amides is 1. The molecule has 1 amide bonds. The first-order valence-corrected chi connectivity index (χ1v) is 10.3. The highest BCUT2D eigenvalue weighted by molar-refractivity contribution is 5.78. The number of carbonyl (C=O) groups excluding carboxylic acids is 1. The first-order chi connectivity index (χ1) is 13.5. The van der Waals surface area contributed by atoms with E-state index in [2.05, 4.69) is 16.5 Å². The number of benzene rings is 1. The van der Waals surface area contributed by atoms with E-state index in [9.17, 15) is 9.18 Å². The molecule has 1 atom stereocenters. The first kappa shape index (κ1) is 19.1. The zero-order valence-electron chi connectivity index (χ0n) is 16.8. The Labute approximate surface area is 166 Å². The van der Waals surface area contributed by atoms with Crippen molar-refractivity contribution < 1.29 is 9.18 Å². The molecule has 0 spiro atoms. The molecule has 150 valence electrons. The summed E-state index contributed by atoms with van der Waals surface area (Å²) in [6.45, 7) is 1.55. The fraction of sp³-hybridized carbons (Fsp3) is 0.545. The minimum atomic E-state index is -0.264. The summed E-state index contributed by atoms with van der Waals surface area (Å²) < 4.78 is 16.2. The van der Waals surface area contributed by atoms with Crippen LogP contribution in [-0.2, 0) is 31.2 Å². The van der Waals surface area contributed by atoms with E-state index in [4.69, 9.17) is 4.98 Å². The Morgan fingerprint density at radius 1 is 1.25 bits per heavy atom. The Hall–Kier alpha value is -2.21. The van der Waals surface area contributed by atoms with Crippen molar-refractivity contribution in [3.8, 4) is 0 Å². The monoisotopic (exact) mass is 384 g/mol. The van der Waals surface area contributed by atoms with Crippen LogP contribution in [0.15, 0.2) is 24.3 Å². The quantitative estimate of drug-likeness (QED) is 0.795. The van der Waals surface area contributed by atoms with E-state index in [1.54, 1.807) is 30.1 Å². The van der Waals surface area contributed by atoms with Crippen LogP contribution in [0.25, 0.3) is 0 Å². The van der Waals surface area contributed by atoms with E-state index < -0.39 is 0 Å². The van der Waals surface area contributed by atoms with Gasteiger partial charge in [0.2, 0.25) is 5.91 Å². The van der Waals surface area contributed by atoms with E-state index in [0.717, 1.165) is 38.1 Å². The number of hydrogen-bond donors (Lipinski definition) is 0. The van der Waals surface area contributed by atoms with Crippen LogP contribution in [-0.4, -0.2) is 45.4 Å². The lowest BCUT2D eigenvalue weighted by Crippen LogP contribution is -2.38. The first-order valence-electron chi connectivity index (χ1n) is 10.3. The number of likely N-dealkylation sites (tertiary alicyclic amines) is 1. The van der Waals surface area contributed by atoms with Gasteiger partial charge in [-0.15, -0.1) is 0 Å². The van der Waals surface area contributed by atoms with Gasteiger partial charge >= 0.3 is 0 Å². The summed E-state index contributed by atoms with van der Waals surface area (Å²) in [7, 11) is 3.87. The second kappa shape index (κ2) is 8.03. The molecule has 0 N–H and O–H groups in total. The number of hydrogen-bond acceptors (Lipinski definition) is 3. The van der Waals surface area contributed by atoms with E-state index in [1.807, 2.05) is 0 Å². The Morgan fingerprint density at radius 3 is 2.82 bits per heavy atom. The SMILES string of the molecule is CN(Cc1ccccc1F)C(=O)CN1CCC[C@@H]1c1nc2c(n1C)CCCC2. The minimum Gasteiger partial charge on any atom is -0.340 e. The van der Waals surface area contributed by atoms with Crippen LogP contribution in [0.3, 0.4) is 0 Å². The van der Waals surface area contributed by atoms with Gasteiger partial charge in [0.15, 0.2) is 0 Å². The number of carbonyl (C=O) groups is 1. The highest BCUT2D eigenvalue weighted by Gasteiger charge is 2.33. The molecule has 1 aliphatic heterocycles. The maximum absolute atomic E-state index is 13.9. The zero-order valence-corrected chi connectivity index (χ0v) is 16.8. The van der Waals surface area contributed by atoms with Crippen molar-refractivity contribution in [2.75, 3.05) is 20.1 Å². The average molecular weight is 384 g/mol. The summed E-state index contributed by atoms with van der Waals surface area (Å²) in [5.41, 5.74) is 3.17. The molecule has 0 bridgehead atoms. The molecule has 0 radical (unpaired) electrons. The van der Waals surface area contributed by atoms with Gasteiger partial charge in [-0.1, -0.05) is 18.2 Å². The van der Waals surface area contributed by atoms with Gasteiger partial charge in [0.1, 0.15) is 11.6 Å². The van der Waals surface area contributed by atoms with Crippen molar-refractivity contribution in [1.82, 2.24) is 19.4 Å². The Bertz CT molecular complexity index is 862. The molecule has 1 aromatic heterocycles. The molecule has 28 heavy (non-hydrogen) atoms. The smallest absolute Gasteiger partial charge is 0.236 e. The molecule has 4 rings (SSSR count). The number of fused-ring (bicyclic) bond motifs is 1. The molecular formula is C22H29FN4O. The predicted molar refractivity (Wildman–Crippen MR) is 106 cm³/mol. The van der Waals surface area contributed by atoms with Crippen LogP contribution in [0.5, 0.6) is 0 Å². The Kier molecular flexibility index (Phi) is 5.49. The summed E-state index contributed by atoms with van der Waals surface area (Å²) in [5.74, 6) is 0.864. The molecule has 1 saturated heterocycles. The molecule has 2 aliphatic rings. The zero-order chi connectivity index (χ0) is 19.7. The summed E-state index contributed by atoms with van der Waals surface area (Å²) >= 11 is 0. The average Bonchev–Trinajstić information content (AvgIpc) is 3.28. The van der Waals surface area contributed by atoms with Crippen LogP contribution in [0, 0.1) is 5.82 Å². The van der Waals surface area contributed by atoms with Gasteiger partial charge < -0.3 is 9.47 Å². The lowest BCUT2D eigenvalue weighted by atomic mass is 10.0. The fourth-order valence-corrected chi connectivity index (χ4v) is 4.58. The summed E-state index contributed by atoms with van der Waals surface area (Å²) in [6.07, 6.45) is 6.74. The van der Waals surface area contributed by atoms with Gasteiger partial charge in [-0.3, -0.25) is 9.69 Å². The molecule has 1 fully saturated rings. The lowest BCUT2D eigenvalue weighted by molar-refractivity contribution is -0.132. The molecule has 6 heteroatoms. The van der Waals surface area contributed by atoms with Gasteiger partial charge in [-0.05, 0) is 51.1 Å². The van der Waals surface area contributed by atoms with E-state index >= 15 is 0 Å². The van der Waals surface area contributed by atoms with Crippen LogP contribution in [0.1, 0.15) is 54.5 Å². The van der Waals surface area contributed by atoms with Crippen molar-refractivity contribution in [2.24, 2.45) is 7.05 Å². The number of halogens is 1. The number of imidazole rings is 1. The fourth-order valence-electron chi connectivity index (χ4n) is 4.58. The minimum absolute atomic E-state index is 0.0223. The maximum atomic E-state index is 13.9. The molecule has 0 saturated carbocycles. The van der Waals surface area contributed by atoms with Gasteiger partial charge in [0, 0.05) is 31.9 Å². The normalized spacial score (nSPS) is 19.6. The van der Waals surface area contributed by atoms with Gasteiger partial charge in [-0.25, -0.2) is 9.37 Å². The van der Waals surface area contributed by atoms with Crippen molar-refractivity contribution in [1.29, 1.82) is 0 Å². The molecule has 1 aromatic carbocycles. The molecule has 2 aromatic rings. The summed E-state index contributed by atoms with van der Waals surface area (Å²) in [6, 6.07) is 6.84. The molecule has 0 unspecified atom stereocenters. The van der Waals surface area contributed by atoms with E-state index in [-0.39, 0.29) is 17.8 Å². The van der Waals surface area contributed by atoms with Crippen LogP contribution < -0.4 is 0 Å². The topological polar surface area (TPSA) is 41.4 Å². The number of aryl methyl sites for hydroxylation is 1. The number of nitrogens with zero attached hydrogens (tertiary/aromatic N) is 4. The summed E-state index contributed by atoms with van der Waals surface area (Å²) in [4.78, 5) is 21.6. The van der Waals surface area contributed by atoms with Gasteiger partial charge in [0.05, 0.1) is 18.3 Å². The maximum Gasteiger partial charge on any atom is 0.236 e. The van der Waals surface area contributed by atoms with Gasteiger partial charge in [-0.2, -0.15) is 0 Å². The third kappa shape index (κ3) is 3.70. The number of likely N-dealkylation sites (N-methyl/N-ethyl adjacent to an activating group) is 1. The third-order valence-electron chi connectivity index (χ3n) is 6.20. The third-order valence-corrected chi connectivity index (χ3v) is 6.20. The standard InChI is InChI=1S/C22H29FN4O/c1-25(14-16-8-3-4-9-17(16)23)21(28)15-27-13-7-12-20(27)22-24-18-10-5-6-11-19(18)26(22)2/h3-4,8-9,20H,5-7,10-15H2,1-2H3/t20-/m1/s1. The molecule has 1 aliphatic carbocycles. The van der Waals surface area contributed by atoms with Crippen molar-refractivity contribution in [3.63, 3.8) is 0 Å². The van der Waals surface area contributed by atoms with Crippen molar-refractivity contribution in [2.45, 2.75) is 51.1 Å². The van der Waals surface area contributed by atoms with Crippen molar-refractivity contribution in [3.05, 3.63) is 52.9 Å². The number of aromatic nitrogens is 2. The van der Waals surface area contributed by atoms with E-state index in [0.29, 0.717) is 18.7 Å². The van der Waals surface area contributed by atoms with Gasteiger partial charge in [0.25, 0.3) is 0 Å². The highest BCUT2D eigenvalue weighted by atomic mass is 19.1. The van der Waals surface area contributed by atoms with Crippen LogP contribution >= 0.6 is 0 Å². The predicted octanol–water partition coefficient (Wildman–Crippen LogP) is 3.23. The van der Waals surface area contributed by atoms with E-state index in [1.165, 1.54) is 30.3 Å². The van der Waals surface area contributed by atoms with Crippen LogP contribution in [0.4, 0.5) is 4.39 Å². The molecule has 2 heterocycles. The molecule has 5 nitrogen and oxygen atoms in total. The number of rotatable bonds is 5. The Balaban J connectivity index is 1.45. The van der Waals surface area contributed by atoms with Crippen LogP contribution in [0.2, 0.25) is 0 Å². The van der Waals surface area contributed by atoms with Crippen molar-refractivity contribution >= 4 is 5.91 Å². The summed E-state index contributed by atoms with van der Waals surface area (Å²) in [5, 5.41) is 0. The lowest BCUT2D eigenvalue weighted by Gasteiger charge is -2.26. The largest absolute Gasteiger partial charge is 0.340 e. The molecular weight excluding hydrogens is 355 g/mol.